The summed E-state index contributed by atoms with van der Waals surface area (Å²) in [6.07, 6.45) is 6.31. The average molecular weight is 338 g/mol. The smallest absolute Gasteiger partial charge is 0.252 e. The Hall–Kier alpha value is -2.46. The second-order valence-corrected chi connectivity index (χ2v) is 6.40. The molecule has 0 spiro atoms. The van der Waals surface area contributed by atoms with E-state index in [9.17, 15) is 4.79 Å². The molecular formula is C19H16ClN3O. The van der Waals surface area contributed by atoms with Crippen molar-refractivity contribution in [1.82, 2.24) is 15.3 Å². The molecule has 2 aromatic heterocycles. The molecule has 0 aliphatic heterocycles. The van der Waals surface area contributed by atoms with Gasteiger partial charge in [-0.05, 0) is 60.7 Å². The molecule has 5 heteroatoms. The summed E-state index contributed by atoms with van der Waals surface area (Å²) in [6.45, 7) is 0.473. The number of nitrogens with zero attached hydrogens (tertiary/aromatic N) is 2. The van der Waals surface area contributed by atoms with Crippen LogP contribution in [0.25, 0.3) is 10.9 Å². The van der Waals surface area contributed by atoms with E-state index in [1.807, 2.05) is 30.3 Å². The average Bonchev–Trinajstić information content (AvgIpc) is 3.06. The molecule has 4 rings (SSSR count). The molecule has 1 aliphatic carbocycles. The van der Waals surface area contributed by atoms with Gasteiger partial charge in [-0.2, -0.15) is 0 Å². The Morgan fingerprint density at radius 2 is 2.00 bits per heavy atom. The number of fused-ring (bicyclic) bond motifs is 2. The summed E-state index contributed by atoms with van der Waals surface area (Å²) in [6, 6.07) is 9.33. The number of hydrogen-bond acceptors (Lipinski definition) is 3. The molecule has 1 N–H and O–H groups in total. The van der Waals surface area contributed by atoms with Gasteiger partial charge in [0.1, 0.15) is 0 Å². The van der Waals surface area contributed by atoms with E-state index in [1.165, 1.54) is 0 Å². The summed E-state index contributed by atoms with van der Waals surface area (Å²) in [4.78, 5) is 21.6. The van der Waals surface area contributed by atoms with Crippen molar-refractivity contribution >= 4 is 28.4 Å². The third-order valence-corrected chi connectivity index (χ3v) is 4.64. The zero-order chi connectivity index (χ0) is 16.5. The van der Waals surface area contributed by atoms with Gasteiger partial charge in [-0.1, -0.05) is 11.6 Å². The number of rotatable bonds is 3. The van der Waals surface area contributed by atoms with Crippen molar-refractivity contribution < 1.29 is 4.79 Å². The molecule has 4 nitrogen and oxygen atoms in total. The van der Waals surface area contributed by atoms with Gasteiger partial charge >= 0.3 is 0 Å². The van der Waals surface area contributed by atoms with Crippen molar-refractivity contribution in [3.05, 3.63) is 70.1 Å². The van der Waals surface area contributed by atoms with Crippen LogP contribution in [0.2, 0.25) is 5.02 Å². The summed E-state index contributed by atoms with van der Waals surface area (Å²) < 4.78 is 0. The number of pyridine rings is 2. The first-order valence-corrected chi connectivity index (χ1v) is 8.38. The van der Waals surface area contributed by atoms with Gasteiger partial charge in [-0.25, -0.2) is 0 Å². The second kappa shape index (κ2) is 6.21. The molecule has 1 amide bonds. The Morgan fingerprint density at radius 3 is 2.83 bits per heavy atom. The van der Waals surface area contributed by atoms with Crippen LogP contribution in [0.1, 0.15) is 33.6 Å². The lowest BCUT2D eigenvalue weighted by Crippen LogP contribution is -2.24. The molecule has 0 saturated heterocycles. The number of hydrogen-bond donors (Lipinski definition) is 1. The standard InChI is InChI=1S/C19H16ClN3O/c20-13-4-5-17-15(10-13)18(14-2-1-3-16(14)23-17)19(24)22-11-12-6-8-21-9-7-12/h4-10H,1-3,11H2,(H,22,24). The summed E-state index contributed by atoms with van der Waals surface area (Å²) in [5, 5.41) is 4.46. The molecule has 1 aromatic carbocycles. The second-order valence-electron chi connectivity index (χ2n) is 5.97. The third kappa shape index (κ3) is 2.74. The van der Waals surface area contributed by atoms with Crippen molar-refractivity contribution in [3.8, 4) is 0 Å². The fraction of sp³-hybridized carbons (Fsp3) is 0.211. The maximum Gasteiger partial charge on any atom is 0.252 e. The van der Waals surface area contributed by atoms with Crippen LogP contribution >= 0.6 is 11.6 Å². The topological polar surface area (TPSA) is 54.9 Å². The monoisotopic (exact) mass is 337 g/mol. The molecule has 3 aromatic rings. The van der Waals surface area contributed by atoms with Gasteiger partial charge in [0.2, 0.25) is 0 Å². The van der Waals surface area contributed by atoms with Crippen LogP contribution in [0.3, 0.4) is 0 Å². The molecule has 0 unspecified atom stereocenters. The number of amides is 1. The van der Waals surface area contributed by atoms with Gasteiger partial charge in [-0.15, -0.1) is 0 Å². The van der Waals surface area contributed by atoms with Gasteiger partial charge < -0.3 is 5.32 Å². The molecule has 0 atom stereocenters. The van der Waals surface area contributed by atoms with Gasteiger partial charge in [0.15, 0.2) is 0 Å². The molecule has 0 fully saturated rings. The fourth-order valence-corrected chi connectivity index (χ4v) is 3.44. The normalized spacial score (nSPS) is 13.0. The number of benzene rings is 1. The highest BCUT2D eigenvalue weighted by Crippen LogP contribution is 2.31. The number of carbonyl (C=O) groups excluding carboxylic acids is 1. The maximum absolute atomic E-state index is 12.9. The SMILES string of the molecule is O=C(NCc1ccncc1)c1c2c(nc3ccc(Cl)cc13)CCC2. The zero-order valence-corrected chi connectivity index (χ0v) is 13.8. The first kappa shape index (κ1) is 15.1. The number of nitrogens with one attached hydrogen (secondary N) is 1. The van der Waals surface area contributed by atoms with E-state index in [0.717, 1.165) is 52.5 Å². The molecule has 120 valence electrons. The van der Waals surface area contributed by atoms with Crippen molar-refractivity contribution in [2.24, 2.45) is 0 Å². The lowest BCUT2D eigenvalue weighted by molar-refractivity contribution is 0.0951. The highest BCUT2D eigenvalue weighted by Gasteiger charge is 2.23. The van der Waals surface area contributed by atoms with Crippen LogP contribution in [-0.4, -0.2) is 15.9 Å². The van der Waals surface area contributed by atoms with Gasteiger partial charge in [-0.3, -0.25) is 14.8 Å². The first-order chi connectivity index (χ1) is 11.7. The van der Waals surface area contributed by atoms with Gasteiger partial charge in [0.05, 0.1) is 11.1 Å². The van der Waals surface area contributed by atoms with Crippen molar-refractivity contribution in [1.29, 1.82) is 0 Å². The minimum absolute atomic E-state index is 0.0698. The predicted octanol–water partition coefficient (Wildman–Crippen LogP) is 3.70. The highest BCUT2D eigenvalue weighted by molar-refractivity contribution is 6.31. The molecule has 0 radical (unpaired) electrons. The third-order valence-electron chi connectivity index (χ3n) is 4.40. The Labute approximate surface area is 144 Å². The predicted molar refractivity (Wildman–Crippen MR) is 94.2 cm³/mol. The molecular weight excluding hydrogens is 322 g/mol. The van der Waals surface area contributed by atoms with Crippen molar-refractivity contribution in [2.45, 2.75) is 25.8 Å². The van der Waals surface area contributed by atoms with Gasteiger partial charge in [0.25, 0.3) is 5.91 Å². The fourth-order valence-electron chi connectivity index (χ4n) is 3.27. The number of carbonyl (C=O) groups is 1. The largest absolute Gasteiger partial charge is 0.348 e. The summed E-state index contributed by atoms with van der Waals surface area (Å²) in [5.74, 6) is -0.0698. The van der Waals surface area contributed by atoms with E-state index in [0.29, 0.717) is 11.6 Å². The summed E-state index contributed by atoms with van der Waals surface area (Å²) >= 11 is 6.15. The minimum atomic E-state index is -0.0698. The Kier molecular flexibility index (Phi) is 3.90. The van der Waals surface area contributed by atoms with Crippen molar-refractivity contribution in [3.63, 3.8) is 0 Å². The lowest BCUT2D eigenvalue weighted by Gasteiger charge is -2.13. The van der Waals surface area contributed by atoms with Crippen molar-refractivity contribution in [2.75, 3.05) is 0 Å². The summed E-state index contributed by atoms with van der Waals surface area (Å²) in [7, 11) is 0. The number of halogens is 1. The number of aromatic nitrogens is 2. The van der Waals surface area contributed by atoms with E-state index in [4.69, 9.17) is 16.6 Å². The van der Waals surface area contributed by atoms with E-state index in [2.05, 4.69) is 10.3 Å². The van der Waals surface area contributed by atoms with Crippen LogP contribution in [0, 0.1) is 0 Å². The lowest BCUT2D eigenvalue weighted by atomic mass is 10.0. The first-order valence-electron chi connectivity index (χ1n) is 8.00. The van der Waals surface area contributed by atoms with Gasteiger partial charge in [0, 0.05) is 35.0 Å². The van der Waals surface area contributed by atoms with Crippen LogP contribution in [0.4, 0.5) is 0 Å². The quantitative estimate of drug-likeness (QED) is 0.792. The highest BCUT2D eigenvalue weighted by atomic mass is 35.5. The Balaban J connectivity index is 1.74. The summed E-state index contributed by atoms with van der Waals surface area (Å²) in [5.41, 5.74) is 4.68. The van der Waals surface area contributed by atoms with Crippen LogP contribution in [-0.2, 0) is 19.4 Å². The minimum Gasteiger partial charge on any atom is -0.348 e. The van der Waals surface area contributed by atoms with E-state index >= 15 is 0 Å². The Bertz CT molecular complexity index is 925. The molecule has 1 aliphatic rings. The van der Waals surface area contributed by atoms with E-state index in [-0.39, 0.29) is 5.91 Å². The molecule has 0 saturated carbocycles. The molecule has 2 heterocycles. The Morgan fingerprint density at radius 1 is 1.17 bits per heavy atom. The van der Waals surface area contributed by atoms with Crippen LogP contribution < -0.4 is 5.32 Å². The van der Waals surface area contributed by atoms with Crippen LogP contribution in [0.5, 0.6) is 0 Å². The van der Waals surface area contributed by atoms with E-state index < -0.39 is 0 Å². The number of aryl methyl sites for hydroxylation is 1. The zero-order valence-electron chi connectivity index (χ0n) is 13.1. The molecule has 24 heavy (non-hydrogen) atoms. The van der Waals surface area contributed by atoms with Crippen LogP contribution in [0.15, 0.2) is 42.7 Å². The van der Waals surface area contributed by atoms with E-state index in [1.54, 1.807) is 12.4 Å². The maximum atomic E-state index is 12.9. The molecule has 0 bridgehead atoms.